The zero-order valence-corrected chi connectivity index (χ0v) is 11.8. The smallest absolute Gasteiger partial charge is 0.0391 e. The van der Waals surface area contributed by atoms with Crippen LogP contribution in [0, 0.1) is 6.92 Å². The van der Waals surface area contributed by atoms with E-state index >= 15 is 0 Å². The van der Waals surface area contributed by atoms with E-state index in [9.17, 15) is 0 Å². The van der Waals surface area contributed by atoms with Crippen LogP contribution in [0.15, 0.2) is 36.4 Å². The van der Waals surface area contributed by atoms with E-state index in [2.05, 4.69) is 55.6 Å². The van der Waals surface area contributed by atoms with E-state index in [0.29, 0.717) is 12.1 Å². The Hall–Kier alpha value is -1.12. The topological polar surface area (TPSA) is 12.0 Å². The summed E-state index contributed by atoms with van der Waals surface area (Å²) in [6, 6.07) is 9.79. The van der Waals surface area contributed by atoms with Crippen molar-refractivity contribution in [1.82, 2.24) is 5.32 Å². The van der Waals surface area contributed by atoms with E-state index in [0.717, 1.165) is 0 Å². The van der Waals surface area contributed by atoms with Crippen molar-refractivity contribution in [2.75, 3.05) is 0 Å². The van der Waals surface area contributed by atoms with Crippen molar-refractivity contribution >= 4 is 21.4 Å². The number of nitrogens with one attached hydrogen (secondary N) is 1. The molecule has 2 aromatic rings. The van der Waals surface area contributed by atoms with Gasteiger partial charge in [0.2, 0.25) is 0 Å². The third-order valence-electron chi connectivity index (χ3n) is 3.77. The second-order valence-electron chi connectivity index (χ2n) is 5.12. The molecule has 0 radical (unpaired) electrons. The fourth-order valence-corrected chi connectivity index (χ4v) is 4.01. The second kappa shape index (κ2) is 4.87. The lowest BCUT2D eigenvalue weighted by molar-refractivity contribution is 0.475. The largest absolute Gasteiger partial charge is 0.306 e. The number of rotatable bonds is 3. The number of hydrogen-bond acceptors (Lipinski definition) is 2. The molecule has 2 heteroatoms. The van der Waals surface area contributed by atoms with Gasteiger partial charge in [-0.25, -0.2) is 0 Å². The average molecular weight is 257 g/mol. The van der Waals surface area contributed by atoms with Gasteiger partial charge in [0, 0.05) is 21.7 Å². The molecule has 1 aliphatic carbocycles. The first-order chi connectivity index (χ1) is 8.75. The van der Waals surface area contributed by atoms with Crippen LogP contribution in [0.3, 0.4) is 0 Å². The minimum atomic E-state index is 0.451. The normalized spacial score (nSPS) is 17.7. The molecule has 94 valence electrons. The van der Waals surface area contributed by atoms with Gasteiger partial charge in [-0.1, -0.05) is 30.4 Å². The van der Waals surface area contributed by atoms with Gasteiger partial charge in [0.15, 0.2) is 0 Å². The fourth-order valence-electron chi connectivity index (χ4n) is 2.79. The Morgan fingerprint density at radius 2 is 1.94 bits per heavy atom. The molecule has 0 amide bonds. The van der Waals surface area contributed by atoms with Crippen molar-refractivity contribution in [2.24, 2.45) is 0 Å². The Kier molecular flexibility index (Phi) is 3.23. The average Bonchev–Trinajstić information content (AvgIpc) is 2.98. The summed E-state index contributed by atoms with van der Waals surface area (Å²) < 4.78 is 1.41. The lowest BCUT2D eigenvalue weighted by atomic mass is 10.1. The minimum absolute atomic E-state index is 0.451. The summed E-state index contributed by atoms with van der Waals surface area (Å²) in [7, 11) is 0. The lowest BCUT2D eigenvalue weighted by Crippen LogP contribution is -2.29. The van der Waals surface area contributed by atoms with Gasteiger partial charge in [-0.15, -0.1) is 11.3 Å². The summed E-state index contributed by atoms with van der Waals surface area (Å²) >= 11 is 1.93. The van der Waals surface area contributed by atoms with Crippen LogP contribution in [-0.4, -0.2) is 6.04 Å². The van der Waals surface area contributed by atoms with E-state index in [1.807, 2.05) is 11.3 Å². The monoisotopic (exact) mass is 257 g/mol. The molecule has 0 spiro atoms. The van der Waals surface area contributed by atoms with Crippen LogP contribution in [-0.2, 0) is 0 Å². The van der Waals surface area contributed by atoms with E-state index in [1.165, 1.54) is 33.4 Å². The maximum atomic E-state index is 3.74. The molecule has 1 aromatic carbocycles. The number of thiophene rings is 1. The van der Waals surface area contributed by atoms with Gasteiger partial charge >= 0.3 is 0 Å². The Balaban J connectivity index is 1.86. The second-order valence-corrected chi connectivity index (χ2v) is 6.20. The third kappa shape index (κ3) is 2.11. The van der Waals surface area contributed by atoms with Gasteiger partial charge in [-0.2, -0.15) is 0 Å². The van der Waals surface area contributed by atoms with Crippen LogP contribution in [0.25, 0.3) is 10.1 Å². The van der Waals surface area contributed by atoms with Gasteiger partial charge in [0.1, 0.15) is 0 Å². The number of fused-ring (bicyclic) bond motifs is 1. The van der Waals surface area contributed by atoms with Crippen LogP contribution in [0.4, 0.5) is 0 Å². The quantitative estimate of drug-likeness (QED) is 0.794. The predicted octanol–water partition coefficient (Wildman–Crippen LogP) is 4.58. The van der Waals surface area contributed by atoms with Gasteiger partial charge in [-0.3, -0.25) is 0 Å². The first kappa shape index (κ1) is 11.9. The zero-order chi connectivity index (χ0) is 12.5. The summed E-state index contributed by atoms with van der Waals surface area (Å²) in [5.74, 6) is 0. The molecule has 18 heavy (non-hydrogen) atoms. The molecule has 1 N–H and O–H groups in total. The summed E-state index contributed by atoms with van der Waals surface area (Å²) in [6.45, 7) is 4.54. The highest BCUT2D eigenvalue weighted by molar-refractivity contribution is 7.19. The zero-order valence-electron chi connectivity index (χ0n) is 10.9. The maximum Gasteiger partial charge on any atom is 0.0391 e. The van der Waals surface area contributed by atoms with Crippen LogP contribution >= 0.6 is 11.3 Å². The highest BCUT2D eigenvalue weighted by atomic mass is 32.1. The Morgan fingerprint density at radius 3 is 2.67 bits per heavy atom. The highest BCUT2D eigenvalue weighted by Gasteiger charge is 2.18. The van der Waals surface area contributed by atoms with E-state index in [-0.39, 0.29) is 0 Å². The molecule has 0 saturated heterocycles. The van der Waals surface area contributed by atoms with Gasteiger partial charge in [0.25, 0.3) is 0 Å². The summed E-state index contributed by atoms with van der Waals surface area (Å²) in [4.78, 5) is 1.49. The maximum absolute atomic E-state index is 3.74. The molecule has 1 atom stereocenters. The van der Waals surface area contributed by atoms with Gasteiger partial charge in [-0.05, 0) is 43.7 Å². The third-order valence-corrected chi connectivity index (χ3v) is 5.22. The molecule has 0 fully saturated rings. The van der Waals surface area contributed by atoms with Crippen LogP contribution in [0.1, 0.15) is 36.2 Å². The Morgan fingerprint density at radius 1 is 1.22 bits per heavy atom. The molecule has 1 aliphatic rings. The van der Waals surface area contributed by atoms with Crippen molar-refractivity contribution in [3.05, 3.63) is 46.9 Å². The van der Waals surface area contributed by atoms with E-state index in [4.69, 9.17) is 0 Å². The summed E-state index contributed by atoms with van der Waals surface area (Å²) in [5, 5.41) is 5.16. The van der Waals surface area contributed by atoms with Crippen LogP contribution in [0.5, 0.6) is 0 Å². The molecule has 1 nitrogen and oxygen atoms in total. The van der Waals surface area contributed by atoms with Gasteiger partial charge < -0.3 is 5.32 Å². The van der Waals surface area contributed by atoms with Crippen molar-refractivity contribution in [3.63, 3.8) is 0 Å². The van der Waals surface area contributed by atoms with Gasteiger partial charge in [0.05, 0.1) is 0 Å². The highest BCUT2D eigenvalue weighted by Crippen LogP contribution is 2.35. The number of benzene rings is 1. The van der Waals surface area contributed by atoms with Crippen LogP contribution < -0.4 is 5.32 Å². The predicted molar refractivity (Wildman–Crippen MR) is 80.3 cm³/mol. The number of hydrogen-bond donors (Lipinski definition) is 1. The lowest BCUT2D eigenvalue weighted by Gasteiger charge is -2.19. The minimum Gasteiger partial charge on any atom is -0.306 e. The summed E-state index contributed by atoms with van der Waals surface area (Å²) in [5.41, 5.74) is 1.45. The van der Waals surface area contributed by atoms with E-state index < -0.39 is 0 Å². The molecule has 0 saturated carbocycles. The Bertz CT molecular complexity index is 574. The standard InChI is InChI=1S/C16H19NS/c1-11-14-9-5-6-10-15(14)18-16(11)12(2)17-13-7-3-4-8-13/h3-6,9-10,12-13,17H,7-8H2,1-2H3. The first-order valence-corrected chi connectivity index (χ1v) is 7.46. The molecule has 3 rings (SSSR count). The first-order valence-electron chi connectivity index (χ1n) is 6.65. The van der Waals surface area contributed by atoms with Crippen LogP contribution in [0.2, 0.25) is 0 Å². The molecule has 0 bridgehead atoms. The van der Waals surface area contributed by atoms with Crippen molar-refractivity contribution < 1.29 is 0 Å². The summed E-state index contributed by atoms with van der Waals surface area (Å²) in [6.07, 6.45) is 6.91. The molecule has 0 aliphatic heterocycles. The molecular formula is C16H19NS. The van der Waals surface area contributed by atoms with E-state index in [1.54, 1.807) is 0 Å². The Labute approximate surface area is 113 Å². The molecule has 1 heterocycles. The number of aryl methyl sites for hydroxylation is 1. The molecule has 1 unspecified atom stereocenters. The van der Waals surface area contributed by atoms with Crippen molar-refractivity contribution in [1.29, 1.82) is 0 Å². The van der Waals surface area contributed by atoms with Crippen molar-refractivity contribution in [2.45, 2.75) is 38.8 Å². The molecular weight excluding hydrogens is 238 g/mol. The molecule has 1 aromatic heterocycles. The van der Waals surface area contributed by atoms with Crippen molar-refractivity contribution in [3.8, 4) is 0 Å². The fraction of sp³-hybridized carbons (Fsp3) is 0.375. The SMILES string of the molecule is Cc1c(C(C)NC2CC=CC2)sc2ccccc12.